The van der Waals surface area contributed by atoms with E-state index in [9.17, 15) is 4.79 Å². The van der Waals surface area contributed by atoms with Crippen molar-refractivity contribution < 1.29 is 4.79 Å². The molecular weight excluding hydrogens is 222 g/mol. The van der Waals surface area contributed by atoms with E-state index in [1.54, 1.807) is 0 Å². The summed E-state index contributed by atoms with van der Waals surface area (Å²) in [6.45, 7) is 9.16. The quantitative estimate of drug-likeness (QED) is 0.514. The van der Waals surface area contributed by atoms with Crippen LogP contribution < -0.4 is 5.32 Å². The summed E-state index contributed by atoms with van der Waals surface area (Å²) in [7, 11) is 0. The molecule has 0 radical (unpaired) electrons. The Kier molecular flexibility index (Phi) is 20.7. The Morgan fingerprint density at radius 3 is 1.78 bits per heavy atom. The Labute approximate surface area is 115 Å². The van der Waals surface area contributed by atoms with Crippen LogP contribution in [0.4, 0.5) is 0 Å². The van der Waals surface area contributed by atoms with Gasteiger partial charge in [0, 0.05) is 13.0 Å². The maximum Gasteiger partial charge on any atom is 0.219 e. The highest BCUT2D eigenvalue weighted by molar-refractivity contribution is 5.75. The highest BCUT2D eigenvalue weighted by Crippen LogP contribution is 2.07. The number of carbonyl (C=O) groups excluding carboxylic acids is 1. The SMILES string of the molecule is CC.CCCCCCCCCCNC(=O)CCC. The fourth-order valence-electron chi connectivity index (χ4n) is 1.80. The molecule has 0 unspecified atom stereocenters. The number of carbonyl (C=O) groups is 1. The first-order valence-corrected chi connectivity index (χ1v) is 8.08. The number of rotatable bonds is 11. The highest BCUT2D eigenvalue weighted by atomic mass is 16.1. The molecule has 1 amide bonds. The predicted molar refractivity (Wildman–Crippen MR) is 81.9 cm³/mol. The third-order valence-corrected chi connectivity index (χ3v) is 2.83. The molecule has 0 fully saturated rings. The van der Waals surface area contributed by atoms with Crippen molar-refractivity contribution in [2.75, 3.05) is 6.54 Å². The molecule has 0 saturated heterocycles. The van der Waals surface area contributed by atoms with Crippen molar-refractivity contribution in [1.29, 1.82) is 0 Å². The monoisotopic (exact) mass is 257 g/mol. The molecule has 110 valence electrons. The van der Waals surface area contributed by atoms with Gasteiger partial charge in [-0.05, 0) is 12.8 Å². The predicted octanol–water partition coefficient (Wildman–Crippen LogP) is 5.07. The molecule has 0 heterocycles. The fraction of sp³-hybridized carbons (Fsp3) is 0.938. The van der Waals surface area contributed by atoms with Gasteiger partial charge in [0.05, 0.1) is 0 Å². The lowest BCUT2D eigenvalue weighted by atomic mass is 10.1. The molecular formula is C16H35NO. The van der Waals surface area contributed by atoms with E-state index in [1.165, 1.54) is 44.9 Å². The lowest BCUT2D eigenvalue weighted by Gasteiger charge is -2.04. The summed E-state index contributed by atoms with van der Waals surface area (Å²) in [5, 5.41) is 2.96. The van der Waals surface area contributed by atoms with E-state index < -0.39 is 0 Å². The van der Waals surface area contributed by atoms with Crippen molar-refractivity contribution in [2.45, 2.75) is 91.9 Å². The Morgan fingerprint density at radius 1 is 0.778 bits per heavy atom. The lowest BCUT2D eigenvalue weighted by molar-refractivity contribution is -0.121. The lowest BCUT2D eigenvalue weighted by Crippen LogP contribution is -2.23. The summed E-state index contributed by atoms with van der Waals surface area (Å²) in [6.07, 6.45) is 12.2. The first-order valence-electron chi connectivity index (χ1n) is 8.08. The maximum atomic E-state index is 11.1. The first-order chi connectivity index (χ1) is 8.81. The molecule has 0 aromatic rings. The molecule has 2 heteroatoms. The Balaban J connectivity index is 0. The molecule has 0 saturated carbocycles. The fourth-order valence-corrected chi connectivity index (χ4v) is 1.80. The first kappa shape index (κ1) is 19.8. The van der Waals surface area contributed by atoms with Crippen LogP contribution in [-0.2, 0) is 4.79 Å². The van der Waals surface area contributed by atoms with E-state index in [2.05, 4.69) is 12.2 Å². The van der Waals surface area contributed by atoms with Crippen molar-refractivity contribution in [3.63, 3.8) is 0 Å². The number of nitrogens with one attached hydrogen (secondary N) is 1. The third-order valence-electron chi connectivity index (χ3n) is 2.83. The average Bonchev–Trinajstić information content (AvgIpc) is 2.39. The molecule has 0 bridgehead atoms. The summed E-state index contributed by atoms with van der Waals surface area (Å²) in [5.41, 5.74) is 0. The average molecular weight is 257 g/mol. The molecule has 0 aromatic carbocycles. The van der Waals surface area contributed by atoms with Gasteiger partial charge >= 0.3 is 0 Å². The van der Waals surface area contributed by atoms with Crippen LogP contribution in [0, 0.1) is 0 Å². The van der Waals surface area contributed by atoms with Crippen LogP contribution in [0.1, 0.15) is 91.9 Å². The van der Waals surface area contributed by atoms with E-state index in [-0.39, 0.29) is 5.91 Å². The van der Waals surface area contributed by atoms with E-state index >= 15 is 0 Å². The minimum absolute atomic E-state index is 0.213. The molecule has 0 aromatic heterocycles. The minimum Gasteiger partial charge on any atom is -0.356 e. The van der Waals surface area contributed by atoms with Gasteiger partial charge in [-0.2, -0.15) is 0 Å². The Bertz CT molecular complexity index is 157. The van der Waals surface area contributed by atoms with E-state index in [1.807, 2.05) is 20.8 Å². The largest absolute Gasteiger partial charge is 0.356 e. The molecule has 0 aliphatic heterocycles. The van der Waals surface area contributed by atoms with Crippen molar-refractivity contribution in [3.05, 3.63) is 0 Å². The van der Waals surface area contributed by atoms with Gasteiger partial charge in [0.25, 0.3) is 0 Å². The normalized spacial score (nSPS) is 9.56. The van der Waals surface area contributed by atoms with Gasteiger partial charge < -0.3 is 5.32 Å². The van der Waals surface area contributed by atoms with Crippen LogP contribution in [0.15, 0.2) is 0 Å². The smallest absolute Gasteiger partial charge is 0.219 e. The topological polar surface area (TPSA) is 29.1 Å². The van der Waals surface area contributed by atoms with Gasteiger partial charge in [-0.15, -0.1) is 0 Å². The summed E-state index contributed by atoms with van der Waals surface area (Å²) < 4.78 is 0. The van der Waals surface area contributed by atoms with E-state index in [4.69, 9.17) is 0 Å². The van der Waals surface area contributed by atoms with Crippen LogP contribution in [0.5, 0.6) is 0 Å². The standard InChI is InChI=1S/C14H29NO.C2H6/c1-3-5-6-7-8-9-10-11-13-15-14(16)12-4-2;1-2/h3-13H2,1-2H3,(H,15,16);1-2H3. The van der Waals surface area contributed by atoms with Crippen molar-refractivity contribution >= 4 is 5.91 Å². The molecule has 18 heavy (non-hydrogen) atoms. The minimum atomic E-state index is 0.213. The Hall–Kier alpha value is -0.530. The molecule has 0 atom stereocenters. The van der Waals surface area contributed by atoms with Crippen LogP contribution in [0.25, 0.3) is 0 Å². The summed E-state index contributed by atoms with van der Waals surface area (Å²) in [6, 6.07) is 0. The second-order valence-electron chi connectivity index (χ2n) is 4.57. The molecule has 1 N–H and O–H groups in total. The van der Waals surface area contributed by atoms with Crippen LogP contribution in [-0.4, -0.2) is 12.5 Å². The Morgan fingerprint density at radius 2 is 1.28 bits per heavy atom. The number of amides is 1. The molecule has 0 aliphatic rings. The number of hydrogen-bond acceptors (Lipinski definition) is 1. The third kappa shape index (κ3) is 17.9. The van der Waals surface area contributed by atoms with Gasteiger partial charge in [-0.3, -0.25) is 4.79 Å². The van der Waals surface area contributed by atoms with Crippen LogP contribution in [0.2, 0.25) is 0 Å². The van der Waals surface area contributed by atoms with Gasteiger partial charge in [-0.1, -0.05) is 72.6 Å². The van der Waals surface area contributed by atoms with Crippen LogP contribution >= 0.6 is 0 Å². The van der Waals surface area contributed by atoms with Gasteiger partial charge in [0.1, 0.15) is 0 Å². The molecule has 0 rings (SSSR count). The van der Waals surface area contributed by atoms with Crippen molar-refractivity contribution in [2.24, 2.45) is 0 Å². The zero-order valence-electron chi connectivity index (χ0n) is 13.2. The second kappa shape index (κ2) is 18.8. The van der Waals surface area contributed by atoms with E-state index in [0.29, 0.717) is 6.42 Å². The second-order valence-corrected chi connectivity index (χ2v) is 4.57. The van der Waals surface area contributed by atoms with Gasteiger partial charge in [-0.25, -0.2) is 0 Å². The van der Waals surface area contributed by atoms with Crippen LogP contribution in [0.3, 0.4) is 0 Å². The zero-order valence-corrected chi connectivity index (χ0v) is 13.2. The molecule has 0 aliphatic carbocycles. The summed E-state index contributed by atoms with van der Waals surface area (Å²) in [4.78, 5) is 11.1. The van der Waals surface area contributed by atoms with Gasteiger partial charge in [0.15, 0.2) is 0 Å². The van der Waals surface area contributed by atoms with Crippen molar-refractivity contribution in [3.8, 4) is 0 Å². The van der Waals surface area contributed by atoms with Gasteiger partial charge in [0.2, 0.25) is 5.91 Å². The number of unbranched alkanes of at least 4 members (excludes halogenated alkanes) is 7. The molecule has 0 spiro atoms. The zero-order chi connectivity index (χ0) is 14.1. The number of hydrogen-bond donors (Lipinski definition) is 1. The summed E-state index contributed by atoms with van der Waals surface area (Å²) >= 11 is 0. The molecule has 2 nitrogen and oxygen atoms in total. The van der Waals surface area contributed by atoms with E-state index in [0.717, 1.165) is 19.4 Å². The highest BCUT2D eigenvalue weighted by Gasteiger charge is 1.97. The summed E-state index contributed by atoms with van der Waals surface area (Å²) in [5.74, 6) is 0.213. The maximum absolute atomic E-state index is 11.1. The van der Waals surface area contributed by atoms with Crippen molar-refractivity contribution in [1.82, 2.24) is 5.32 Å².